The molecule has 0 saturated carbocycles. The van der Waals surface area contributed by atoms with E-state index in [0.717, 1.165) is 24.0 Å². The number of ether oxygens (including phenoxy) is 1. The monoisotopic (exact) mass is 488 g/mol. The predicted octanol–water partition coefficient (Wildman–Crippen LogP) is 8.96. The Kier molecular flexibility index (Phi) is 8.48. The van der Waals surface area contributed by atoms with Gasteiger partial charge in [0, 0.05) is 17.2 Å². The number of rotatable bonds is 10. The summed E-state index contributed by atoms with van der Waals surface area (Å²) in [7, 11) is 1.50. The average molecular weight is 489 g/mol. The van der Waals surface area contributed by atoms with E-state index in [0.29, 0.717) is 35.3 Å². The topological polar surface area (TPSA) is 9.23 Å². The minimum absolute atomic E-state index is 0.280. The third kappa shape index (κ3) is 5.99. The molecule has 0 bridgehead atoms. The molecule has 0 saturated heterocycles. The first-order valence-corrected chi connectivity index (χ1v) is 12.5. The number of aryl methyl sites for hydroxylation is 3. The van der Waals surface area contributed by atoms with Gasteiger partial charge in [-0.15, -0.1) is 0 Å². The fraction of sp³-hybridized carbons (Fsp3) is 0.250. The van der Waals surface area contributed by atoms with Crippen LogP contribution < -0.4 is 4.74 Å². The second-order valence-electron chi connectivity index (χ2n) is 9.10. The minimum Gasteiger partial charge on any atom is -0.497 e. The van der Waals surface area contributed by atoms with Crippen LogP contribution in [0.3, 0.4) is 0 Å². The lowest BCUT2D eigenvalue weighted by atomic mass is 9.97. The normalized spacial score (nSPS) is 11.0. The van der Waals surface area contributed by atoms with Crippen LogP contribution in [0.4, 0.5) is 13.2 Å². The van der Waals surface area contributed by atoms with E-state index in [1.54, 1.807) is 24.3 Å². The Morgan fingerprint density at radius 3 is 1.83 bits per heavy atom. The van der Waals surface area contributed by atoms with E-state index in [1.807, 2.05) is 48.5 Å². The summed E-state index contributed by atoms with van der Waals surface area (Å²) in [5.74, 6) is -1.49. The smallest absolute Gasteiger partial charge is 0.166 e. The molecule has 0 fully saturated rings. The molecule has 0 atom stereocenters. The van der Waals surface area contributed by atoms with Gasteiger partial charge in [0.15, 0.2) is 11.6 Å². The highest BCUT2D eigenvalue weighted by atomic mass is 19.2. The van der Waals surface area contributed by atoms with Crippen LogP contribution >= 0.6 is 0 Å². The summed E-state index contributed by atoms with van der Waals surface area (Å²) >= 11 is 0. The average Bonchev–Trinajstić information content (AvgIpc) is 2.90. The van der Waals surface area contributed by atoms with E-state index in [1.165, 1.54) is 31.6 Å². The molecule has 4 aromatic rings. The van der Waals surface area contributed by atoms with Gasteiger partial charge in [0.05, 0.1) is 7.11 Å². The Balaban J connectivity index is 1.42. The molecule has 0 heterocycles. The number of hydrogen-bond acceptors (Lipinski definition) is 1. The maximum atomic E-state index is 14.9. The molecule has 4 aromatic carbocycles. The molecule has 4 rings (SSSR count). The highest BCUT2D eigenvalue weighted by Crippen LogP contribution is 2.29. The second-order valence-corrected chi connectivity index (χ2v) is 9.10. The van der Waals surface area contributed by atoms with Crippen molar-refractivity contribution in [2.45, 2.75) is 45.4 Å². The zero-order chi connectivity index (χ0) is 25.5. The Morgan fingerprint density at radius 2 is 1.22 bits per heavy atom. The first-order valence-electron chi connectivity index (χ1n) is 12.5. The summed E-state index contributed by atoms with van der Waals surface area (Å²) in [5, 5.41) is 0. The fourth-order valence-corrected chi connectivity index (χ4v) is 4.42. The zero-order valence-corrected chi connectivity index (χ0v) is 20.8. The van der Waals surface area contributed by atoms with E-state index < -0.39 is 11.6 Å². The van der Waals surface area contributed by atoms with Gasteiger partial charge < -0.3 is 4.74 Å². The number of unbranched alkanes of at least 4 members (excludes halogenated alkanes) is 2. The van der Waals surface area contributed by atoms with Crippen LogP contribution in [0.5, 0.6) is 5.75 Å². The molecule has 0 radical (unpaired) electrons. The molecule has 0 aliphatic carbocycles. The summed E-state index contributed by atoms with van der Waals surface area (Å²) in [6, 6.07) is 23.3. The molecule has 36 heavy (non-hydrogen) atoms. The summed E-state index contributed by atoms with van der Waals surface area (Å²) in [6.07, 6.45) is 5.41. The minimum atomic E-state index is -0.809. The van der Waals surface area contributed by atoms with Crippen LogP contribution in [0.2, 0.25) is 0 Å². The highest BCUT2D eigenvalue weighted by molar-refractivity contribution is 5.66. The molecule has 1 nitrogen and oxygen atoms in total. The lowest BCUT2D eigenvalue weighted by Gasteiger charge is -2.11. The summed E-state index contributed by atoms with van der Waals surface area (Å²) in [5.41, 5.74) is 4.72. The molecule has 4 heteroatoms. The van der Waals surface area contributed by atoms with Gasteiger partial charge in [-0.25, -0.2) is 13.2 Å². The molecule has 0 aliphatic rings. The predicted molar refractivity (Wildman–Crippen MR) is 141 cm³/mol. The molecule has 0 amide bonds. The van der Waals surface area contributed by atoms with E-state index >= 15 is 0 Å². The van der Waals surface area contributed by atoms with Gasteiger partial charge in [-0.2, -0.15) is 0 Å². The van der Waals surface area contributed by atoms with Crippen LogP contribution in [-0.2, 0) is 19.3 Å². The number of halogens is 3. The van der Waals surface area contributed by atoms with Crippen molar-refractivity contribution < 1.29 is 17.9 Å². The van der Waals surface area contributed by atoms with Gasteiger partial charge in [-0.3, -0.25) is 0 Å². The largest absolute Gasteiger partial charge is 0.497 e. The van der Waals surface area contributed by atoms with E-state index in [4.69, 9.17) is 4.74 Å². The Labute approximate surface area is 211 Å². The third-order valence-electron chi connectivity index (χ3n) is 6.62. The van der Waals surface area contributed by atoms with Crippen molar-refractivity contribution in [1.29, 1.82) is 0 Å². The van der Waals surface area contributed by atoms with Crippen LogP contribution in [0.15, 0.2) is 78.9 Å². The van der Waals surface area contributed by atoms with Crippen LogP contribution in [0.1, 0.15) is 42.9 Å². The molecular weight excluding hydrogens is 457 g/mol. The third-order valence-corrected chi connectivity index (χ3v) is 6.62. The van der Waals surface area contributed by atoms with Crippen molar-refractivity contribution >= 4 is 0 Å². The van der Waals surface area contributed by atoms with Crippen molar-refractivity contribution in [3.05, 3.63) is 113 Å². The SMILES string of the molecule is CCCCCc1ccc(-c2ccc(CCc3ccc(-c4ccc(OC)cc4F)cc3)c(F)c2F)cc1. The summed E-state index contributed by atoms with van der Waals surface area (Å²) < 4.78 is 49.2. The van der Waals surface area contributed by atoms with Crippen molar-refractivity contribution in [3.8, 4) is 28.0 Å². The van der Waals surface area contributed by atoms with E-state index in [-0.39, 0.29) is 11.4 Å². The van der Waals surface area contributed by atoms with Crippen molar-refractivity contribution in [3.63, 3.8) is 0 Å². The highest BCUT2D eigenvalue weighted by Gasteiger charge is 2.15. The molecule has 0 N–H and O–H groups in total. The summed E-state index contributed by atoms with van der Waals surface area (Å²) in [6.45, 7) is 2.17. The van der Waals surface area contributed by atoms with Crippen LogP contribution in [0, 0.1) is 17.5 Å². The maximum absolute atomic E-state index is 14.9. The molecule has 186 valence electrons. The summed E-state index contributed by atoms with van der Waals surface area (Å²) in [4.78, 5) is 0. The van der Waals surface area contributed by atoms with E-state index in [9.17, 15) is 13.2 Å². The Hall–Kier alpha value is -3.53. The standard InChI is InChI=1S/C32H31F3O/c1-3-4-5-6-22-7-14-25(15-8-22)29-19-17-26(31(34)32(29)35)16-11-23-9-12-24(13-10-23)28-20-18-27(36-2)21-30(28)33/h7-10,12-15,17-21H,3-6,11,16H2,1-2H3. The number of hydrogen-bond donors (Lipinski definition) is 0. The molecule has 0 spiro atoms. The lowest BCUT2D eigenvalue weighted by molar-refractivity contribution is 0.411. The van der Waals surface area contributed by atoms with Gasteiger partial charge >= 0.3 is 0 Å². The Bertz CT molecular complexity index is 1290. The number of methoxy groups -OCH3 is 1. The van der Waals surface area contributed by atoms with Crippen LogP contribution in [-0.4, -0.2) is 7.11 Å². The van der Waals surface area contributed by atoms with Gasteiger partial charge in [-0.05, 0) is 65.6 Å². The van der Waals surface area contributed by atoms with Crippen molar-refractivity contribution in [1.82, 2.24) is 0 Å². The first kappa shape index (κ1) is 25.6. The second kappa shape index (κ2) is 11.9. The van der Waals surface area contributed by atoms with Crippen LogP contribution in [0.25, 0.3) is 22.3 Å². The molecule has 0 aliphatic heterocycles. The maximum Gasteiger partial charge on any atom is 0.166 e. The molecule has 0 unspecified atom stereocenters. The van der Waals surface area contributed by atoms with Gasteiger partial charge in [0.25, 0.3) is 0 Å². The van der Waals surface area contributed by atoms with Gasteiger partial charge in [0.2, 0.25) is 0 Å². The van der Waals surface area contributed by atoms with Crippen molar-refractivity contribution in [2.75, 3.05) is 7.11 Å². The quantitative estimate of drug-likeness (QED) is 0.202. The Morgan fingerprint density at radius 1 is 0.611 bits per heavy atom. The zero-order valence-electron chi connectivity index (χ0n) is 20.8. The van der Waals surface area contributed by atoms with Gasteiger partial charge in [0.1, 0.15) is 11.6 Å². The fourth-order valence-electron chi connectivity index (χ4n) is 4.42. The van der Waals surface area contributed by atoms with Gasteiger partial charge in [-0.1, -0.05) is 80.4 Å². The van der Waals surface area contributed by atoms with E-state index in [2.05, 4.69) is 6.92 Å². The molecule has 0 aromatic heterocycles. The number of benzene rings is 4. The molecular formula is C32H31F3O. The van der Waals surface area contributed by atoms with Crippen molar-refractivity contribution in [2.24, 2.45) is 0 Å². The first-order chi connectivity index (χ1) is 17.5. The lowest BCUT2D eigenvalue weighted by Crippen LogP contribution is -2.00.